The fourth-order valence-electron chi connectivity index (χ4n) is 1.57. The lowest BCUT2D eigenvalue weighted by atomic mass is 10.2. The van der Waals surface area contributed by atoms with Crippen molar-refractivity contribution in [1.29, 1.82) is 0 Å². The maximum Gasteiger partial charge on any atom is 0.221 e. The van der Waals surface area contributed by atoms with Gasteiger partial charge in [0.15, 0.2) is 11.5 Å². The van der Waals surface area contributed by atoms with Gasteiger partial charge in [0.2, 0.25) is 5.91 Å². The summed E-state index contributed by atoms with van der Waals surface area (Å²) in [4.78, 5) is 11.3. The van der Waals surface area contributed by atoms with Gasteiger partial charge in [-0.3, -0.25) is 4.79 Å². The number of ether oxygens (including phenoxy) is 2. The molecule has 0 unspecified atom stereocenters. The Bertz CT molecular complexity index is 409. The summed E-state index contributed by atoms with van der Waals surface area (Å²) in [6, 6.07) is 5.65. The Hall–Kier alpha value is -1.42. The number of rotatable bonds is 4. The SMILES string of the molecule is O=C(CCCl)NCc1ccc2c(c1)OCCO2. The van der Waals surface area contributed by atoms with Gasteiger partial charge < -0.3 is 14.8 Å². The highest BCUT2D eigenvalue weighted by Gasteiger charge is 2.11. The molecule has 1 aromatic rings. The van der Waals surface area contributed by atoms with Crippen LogP contribution in [0.4, 0.5) is 0 Å². The molecule has 1 amide bonds. The van der Waals surface area contributed by atoms with E-state index >= 15 is 0 Å². The number of carbonyl (C=O) groups excluding carboxylic acids is 1. The second kappa shape index (κ2) is 5.77. The molecule has 1 aromatic carbocycles. The third kappa shape index (κ3) is 3.27. The molecule has 2 rings (SSSR count). The predicted octanol–water partition coefficient (Wildman–Crippen LogP) is 1.70. The molecular formula is C12H14ClNO3. The van der Waals surface area contributed by atoms with Crippen molar-refractivity contribution in [2.75, 3.05) is 19.1 Å². The second-order valence-corrected chi connectivity index (χ2v) is 4.07. The molecule has 0 atom stereocenters. The van der Waals surface area contributed by atoms with E-state index in [-0.39, 0.29) is 5.91 Å². The van der Waals surface area contributed by atoms with Gasteiger partial charge in [0.05, 0.1) is 0 Å². The normalized spacial score (nSPS) is 13.2. The van der Waals surface area contributed by atoms with Crippen LogP contribution in [0.3, 0.4) is 0 Å². The van der Waals surface area contributed by atoms with E-state index in [1.54, 1.807) is 0 Å². The van der Waals surface area contributed by atoms with Gasteiger partial charge >= 0.3 is 0 Å². The molecule has 17 heavy (non-hydrogen) atoms. The first-order chi connectivity index (χ1) is 8.29. The number of amides is 1. The van der Waals surface area contributed by atoms with Crippen LogP contribution in [0.5, 0.6) is 11.5 Å². The van der Waals surface area contributed by atoms with Gasteiger partial charge in [-0.15, -0.1) is 11.6 Å². The predicted molar refractivity (Wildman–Crippen MR) is 64.6 cm³/mol. The van der Waals surface area contributed by atoms with E-state index in [0.29, 0.717) is 32.1 Å². The lowest BCUT2D eigenvalue weighted by molar-refractivity contribution is -0.120. The maximum absolute atomic E-state index is 11.3. The van der Waals surface area contributed by atoms with Crippen molar-refractivity contribution in [3.8, 4) is 11.5 Å². The first-order valence-corrected chi connectivity index (χ1v) is 6.04. The van der Waals surface area contributed by atoms with Crippen LogP contribution in [-0.4, -0.2) is 25.0 Å². The van der Waals surface area contributed by atoms with E-state index in [1.807, 2.05) is 18.2 Å². The summed E-state index contributed by atoms with van der Waals surface area (Å²) in [7, 11) is 0. The Morgan fingerprint density at radius 3 is 2.82 bits per heavy atom. The van der Waals surface area contributed by atoms with E-state index in [1.165, 1.54) is 0 Å². The average molecular weight is 256 g/mol. The van der Waals surface area contributed by atoms with Crippen LogP contribution in [-0.2, 0) is 11.3 Å². The Labute approximate surface area is 105 Å². The molecule has 1 N–H and O–H groups in total. The molecule has 0 saturated heterocycles. The zero-order chi connectivity index (χ0) is 12.1. The molecule has 0 aliphatic carbocycles. The monoisotopic (exact) mass is 255 g/mol. The van der Waals surface area contributed by atoms with Crippen molar-refractivity contribution in [2.45, 2.75) is 13.0 Å². The van der Waals surface area contributed by atoms with Crippen LogP contribution in [0.2, 0.25) is 0 Å². The van der Waals surface area contributed by atoms with E-state index in [2.05, 4.69) is 5.32 Å². The van der Waals surface area contributed by atoms with Gasteiger partial charge in [-0.05, 0) is 17.7 Å². The highest BCUT2D eigenvalue weighted by atomic mass is 35.5. The molecule has 92 valence electrons. The number of hydrogen-bond acceptors (Lipinski definition) is 3. The summed E-state index contributed by atoms with van der Waals surface area (Å²) in [6.45, 7) is 1.63. The van der Waals surface area contributed by atoms with Crippen molar-refractivity contribution >= 4 is 17.5 Å². The Kier molecular flexibility index (Phi) is 4.09. The topological polar surface area (TPSA) is 47.6 Å². The van der Waals surface area contributed by atoms with Crippen molar-refractivity contribution in [3.63, 3.8) is 0 Å². The molecule has 5 heteroatoms. The van der Waals surface area contributed by atoms with Gasteiger partial charge in [-0.1, -0.05) is 6.07 Å². The summed E-state index contributed by atoms with van der Waals surface area (Å²) in [5, 5.41) is 2.79. The van der Waals surface area contributed by atoms with E-state index in [4.69, 9.17) is 21.1 Å². The maximum atomic E-state index is 11.3. The molecule has 0 aromatic heterocycles. The molecule has 1 aliphatic heterocycles. The molecule has 0 radical (unpaired) electrons. The van der Waals surface area contributed by atoms with E-state index in [9.17, 15) is 4.79 Å². The lowest BCUT2D eigenvalue weighted by Crippen LogP contribution is -2.23. The van der Waals surface area contributed by atoms with Crippen LogP contribution in [0.25, 0.3) is 0 Å². The fourth-order valence-corrected chi connectivity index (χ4v) is 1.74. The highest BCUT2D eigenvalue weighted by molar-refractivity contribution is 6.18. The van der Waals surface area contributed by atoms with Crippen LogP contribution in [0, 0.1) is 0 Å². The van der Waals surface area contributed by atoms with Crippen LogP contribution in [0.15, 0.2) is 18.2 Å². The standard InChI is InChI=1S/C12H14ClNO3/c13-4-3-12(15)14-8-9-1-2-10-11(7-9)17-6-5-16-10/h1-2,7H,3-6,8H2,(H,14,15). The smallest absolute Gasteiger partial charge is 0.221 e. The molecule has 1 heterocycles. The van der Waals surface area contributed by atoms with Crippen molar-refractivity contribution < 1.29 is 14.3 Å². The first-order valence-electron chi connectivity index (χ1n) is 5.51. The molecular weight excluding hydrogens is 242 g/mol. The van der Waals surface area contributed by atoms with Gasteiger partial charge in [-0.2, -0.15) is 0 Å². The number of fused-ring (bicyclic) bond motifs is 1. The van der Waals surface area contributed by atoms with Crippen LogP contribution < -0.4 is 14.8 Å². The summed E-state index contributed by atoms with van der Waals surface area (Å²) >= 11 is 5.48. The fraction of sp³-hybridized carbons (Fsp3) is 0.417. The molecule has 0 spiro atoms. The summed E-state index contributed by atoms with van der Waals surface area (Å²) < 4.78 is 10.9. The number of nitrogens with one attached hydrogen (secondary N) is 1. The number of benzene rings is 1. The molecule has 4 nitrogen and oxygen atoms in total. The summed E-state index contributed by atoms with van der Waals surface area (Å²) in [5.74, 6) is 1.79. The average Bonchev–Trinajstić information content (AvgIpc) is 2.36. The summed E-state index contributed by atoms with van der Waals surface area (Å²) in [5.41, 5.74) is 0.983. The lowest BCUT2D eigenvalue weighted by Gasteiger charge is -2.18. The minimum absolute atomic E-state index is 0.0464. The van der Waals surface area contributed by atoms with Crippen molar-refractivity contribution in [2.24, 2.45) is 0 Å². The Morgan fingerprint density at radius 2 is 2.06 bits per heavy atom. The van der Waals surface area contributed by atoms with Gasteiger partial charge in [-0.25, -0.2) is 0 Å². The van der Waals surface area contributed by atoms with Gasteiger partial charge in [0, 0.05) is 18.8 Å². The second-order valence-electron chi connectivity index (χ2n) is 3.69. The van der Waals surface area contributed by atoms with Gasteiger partial charge in [0.25, 0.3) is 0 Å². The van der Waals surface area contributed by atoms with Crippen molar-refractivity contribution in [1.82, 2.24) is 5.32 Å². The zero-order valence-electron chi connectivity index (χ0n) is 9.37. The molecule has 0 bridgehead atoms. The quantitative estimate of drug-likeness (QED) is 0.833. The van der Waals surface area contributed by atoms with E-state index in [0.717, 1.165) is 17.1 Å². The van der Waals surface area contributed by atoms with Crippen molar-refractivity contribution in [3.05, 3.63) is 23.8 Å². The highest BCUT2D eigenvalue weighted by Crippen LogP contribution is 2.30. The van der Waals surface area contributed by atoms with Crippen LogP contribution in [0.1, 0.15) is 12.0 Å². The number of halogens is 1. The zero-order valence-corrected chi connectivity index (χ0v) is 10.1. The molecule has 1 aliphatic rings. The van der Waals surface area contributed by atoms with Gasteiger partial charge in [0.1, 0.15) is 13.2 Å². The third-order valence-electron chi connectivity index (χ3n) is 2.42. The largest absolute Gasteiger partial charge is 0.486 e. The van der Waals surface area contributed by atoms with E-state index < -0.39 is 0 Å². The number of alkyl halides is 1. The molecule has 0 fully saturated rings. The summed E-state index contributed by atoms with van der Waals surface area (Å²) in [6.07, 6.45) is 0.339. The van der Waals surface area contributed by atoms with Crippen LogP contribution >= 0.6 is 11.6 Å². The Morgan fingerprint density at radius 1 is 1.29 bits per heavy atom. The first kappa shape index (κ1) is 12.0. The number of carbonyl (C=O) groups is 1. The minimum Gasteiger partial charge on any atom is -0.486 e. The minimum atomic E-state index is -0.0464. The Balaban J connectivity index is 1.95. The number of hydrogen-bond donors (Lipinski definition) is 1. The third-order valence-corrected chi connectivity index (χ3v) is 2.61. The molecule has 0 saturated carbocycles.